The zero-order valence-electron chi connectivity index (χ0n) is 9.97. The van der Waals surface area contributed by atoms with Gasteiger partial charge in [0.15, 0.2) is 5.82 Å². The van der Waals surface area contributed by atoms with Crippen LogP contribution in [0.3, 0.4) is 0 Å². The van der Waals surface area contributed by atoms with E-state index >= 15 is 0 Å². The summed E-state index contributed by atoms with van der Waals surface area (Å²) in [7, 11) is 3.30. The first-order valence-electron chi connectivity index (χ1n) is 5.52. The fourth-order valence-corrected chi connectivity index (χ4v) is 2.62. The van der Waals surface area contributed by atoms with E-state index in [1.807, 2.05) is 0 Å². The number of aromatic nitrogens is 2. The van der Waals surface area contributed by atoms with Crippen LogP contribution in [0.1, 0.15) is 12.2 Å². The molecule has 6 nitrogen and oxygen atoms in total. The molecule has 0 radical (unpaired) electrons. The van der Waals surface area contributed by atoms with Gasteiger partial charge in [-0.2, -0.15) is 4.37 Å². The van der Waals surface area contributed by atoms with Gasteiger partial charge in [-0.05, 0) is 6.42 Å². The summed E-state index contributed by atoms with van der Waals surface area (Å²) in [5, 5.41) is 3.56. The van der Waals surface area contributed by atoms with Gasteiger partial charge in [0.2, 0.25) is 11.0 Å². The van der Waals surface area contributed by atoms with Crippen molar-refractivity contribution in [3.63, 3.8) is 0 Å². The Balaban J connectivity index is 1.97. The van der Waals surface area contributed by atoms with Crippen LogP contribution in [0.2, 0.25) is 0 Å². The third-order valence-corrected chi connectivity index (χ3v) is 3.62. The van der Waals surface area contributed by atoms with Crippen LogP contribution in [0, 0.1) is 5.92 Å². The molecule has 0 aliphatic carbocycles. The van der Waals surface area contributed by atoms with Gasteiger partial charge in [-0.1, -0.05) is 0 Å². The van der Waals surface area contributed by atoms with E-state index in [-0.39, 0.29) is 11.8 Å². The lowest BCUT2D eigenvalue weighted by Gasteiger charge is -2.13. The first kappa shape index (κ1) is 12.3. The minimum absolute atomic E-state index is 0.0646. The van der Waals surface area contributed by atoms with Crippen LogP contribution >= 0.6 is 11.5 Å². The number of rotatable bonds is 4. The number of ether oxygens (including phenoxy) is 1. The Morgan fingerprint density at radius 1 is 1.71 bits per heavy atom. The third kappa shape index (κ3) is 2.73. The van der Waals surface area contributed by atoms with Gasteiger partial charge in [0.25, 0.3) is 0 Å². The lowest BCUT2D eigenvalue weighted by atomic mass is 10.1. The highest BCUT2D eigenvalue weighted by atomic mass is 32.1. The number of amides is 1. The Bertz CT molecular complexity index is 395. The molecule has 1 saturated heterocycles. The molecule has 0 bridgehead atoms. The minimum Gasteiger partial charge on any atom is -0.377 e. The highest BCUT2D eigenvalue weighted by Gasteiger charge is 2.29. The SMILES string of the molecule is CNC(=O)C1CCN(c2nc(COC)ns2)C1. The van der Waals surface area contributed by atoms with Gasteiger partial charge in [0, 0.05) is 38.8 Å². The van der Waals surface area contributed by atoms with Gasteiger partial charge >= 0.3 is 0 Å². The molecule has 0 saturated carbocycles. The minimum atomic E-state index is 0.0646. The first-order chi connectivity index (χ1) is 8.24. The van der Waals surface area contributed by atoms with Crippen molar-refractivity contribution < 1.29 is 9.53 Å². The number of methoxy groups -OCH3 is 1. The van der Waals surface area contributed by atoms with E-state index in [4.69, 9.17) is 4.74 Å². The number of hydrogen-bond acceptors (Lipinski definition) is 6. The maximum atomic E-state index is 11.5. The molecule has 17 heavy (non-hydrogen) atoms. The number of anilines is 1. The second-order valence-corrected chi connectivity index (χ2v) is 4.70. The lowest BCUT2D eigenvalue weighted by molar-refractivity contribution is -0.123. The maximum absolute atomic E-state index is 11.5. The van der Waals surface area contributed by atoms with Crippen molar-refractivity contribution in [1.82, 2.24) is 14.7 Å². The molecule has 94 valence electrons. The molecule has 1 aromatic heterocycles. The summed E-state index contributed by atoms with van der Waals surface area (Å²) >= 11 is 1.36. The van der Waals surface area contributed by atoms with Gasteiger partial charge in [-0.15, -0.1) is 0 Å². The predicted molar refractivity (Wildman–Crippen MR) is 65.0 cm³/mol. The number of nitrogens with zero attached hydrogens (tertiary/aromatic N) is 3. The average molecular weight is 256 g/mol. The summed E-state index contributed by atoms with van der Waals surface area (Å²) in [4.78, 5) is 18.0. The van der Waals surface area contributed by atoms with Crippen LogP contribution in [-0.2, 0) is 16.1 Å². The van der Waals surface area contributed by atoms with E-state index in [1.165, 1.54) is 11.5 Å². The van der Waals surface area contributed by atoms with E-state index < -0.39 is 0 Å². The Morgan fingerprint density at radius 2 is 2.53 bits per heavy atom. The Labute approximate surface area is 104 Å². The second kappa shape index (κ2) is 5.42. The second-order valence-electron chi connectivity index (χ2n) is 3.97. The zero-order chi connectivity index (χ0) is 12.3. The highest BCUT2D eigenvalue weighted by Crippen LogP contribution is 2.25. The van der Waals surface area contributed by atoms with Crippen LogP contribution < -0.4 is 10.2 Å². The lowest BCUT2D eigenvalue weighted by Crippen LogP contribution is -2.30. The monoisotopic (exact) mass is 256 g/mol. The van der Waals surface area contributed by atoms with E-state index in [0.29, 0.717) is 12.4 Å². The molecule has 1 N–H and O–H groups in total. The number of hydrogen-bond donors (Lipinski definition) is 1. The summed E-state index contributed by atoms with van der Waals surface area (Å²) in [6, 6.07) is 0. The topological polar surface area (TPSA) is 67.4 Å². The molecule has 0 spiro atoms. The summed E-state index contributed by atoms with van der Waals surface area (Å²) in [5.41, 5.74) is 0. The molecule has 1 amide bonds. The van der Waals surface area contributed by atoms with Crippen LogP contribution in [0.4, 0.5) is 5.13 Å². The molecule has 2 heterocycles. The van der Waals surface area contributed by atoms with Crippen LogP contribution in [0.25, 0.3) is 0 Å². The number of nitrogens with one attached hydrogen (secondary N) is 1. The van der Waals surface area contributed by atoms with Crippen molar-refractivity contribution >= 4 is 22.6 Å². The normalized spacial score (nSPS) is 19.6. The van der Waals surface area contributed by atoms with Crippen LogP contribution in [0.15, 0.2) is 0 Å². The average Bonchev–Trinajstić information content (AvgIpc) is 2.96. The quantitative estimate of drug-likeness (QED) is 0.837. The number of carbonyl (C=O) groups excluding carboxylic acids is 1. The van der Waals surface area contributed by atoms with Crippen molar-refractivity contribution in [1.29, 1.82) is 0 Å². The fourth-order valence-electron chi connectivity index (χ4n) is 1.91. The standard InChI is InChI=1S/C10H16N4O2S/c1-11-9(15)7-3-4-14(5-7)10-12-8(6-16-2)13-17-10/h7H,3-6H2,1-2H3,(H,11,15). The first-order valence-corrected chi connectivity index (χ1v) is 6.30. The molecule has 1 aliphatic heterocycles. The molecular weight excluding hydrogens is 240 g/mol. The highest BCUT2D eigenvalue weighted by molar-refractivity contribution is 7.09. The summed E-state index contributed by atoms with van der Waals surface area (Å²) < 4.78 is 9.18. The zero-order valence-corrected chi connectivity index (χ0v) is 10.8. The van der Waals surface area contributed by atoms with Crippen LogP contribution in [0.5, 0.6) is 0 Å². The van der Waals surface area contributed by atoms with Crippen molar-refractivity contribution in [2.75, 3.05) is 32.1 Å². The molecule has 1 aromatic rings. The molecule has 1 unspecified atom stereocenters. The van der Waals surface area contributed by atoms with Gasteiger partial charge < -0.3 is 15.0 Å². The van der Waals surface area contributed by atoms with E-state index in [2.05, 4.69) is 19.6 Å². The van der Waals surface area contributed by atoms with E-state index in [0.717, 1.165) is 24.6 Å². The van der Waals surface area contributed by atoms with Gasteiger partial charge in [-0.3, -0.25) is 4.79 Å². The Kier molecular flexibility index (Phi) is 3.90. The molecule has 2 rings (SSSR count). The molecule has 0 aromatic carbocycles. The molecule has 1 fully saturated rings. The van der Waals surface area contributed by atoms with Gasteiger partial charge in [-0.25, -0.2) is 4.98 Å². The Morgan fingerprint density at radius 3 is 3.24 bits per heavy atom. The van der Waals surface area contributed by atoms with Gasteiger partial charge in [0.1, 0.15) is 6.61 Å². The maximum Gasteiger partial charge on any atom is 0.224 e. The van der Waals surface area contributed by atoms with Crippen molar-refractivity contribution in [2.24, 2.45) is 5.92 Å². The molecule has 1 aliphatic rings. The molecule has 7 heteroatoms. The van der Waals surface area contributed by atoms with Crippen molar-refractivity contribution in [3.8, 4) is 0 Å². The smallest absolute Gasteiger partial charge is 0.224 e. The van der Waals surface area contributed by atoms with Crippen molar-refractivity contribution in [2.45, 2.75) is 13.0 Å². The van der Waals surface area contributed by atoms with Gasteiger partial charge in [0.05, 0.1) is 5.92 Å². The Hall–Kier alpha value is -1.21. The summed E-state index contributed by atoms with van der Waals surface area (Å²) in [5.74, 6) is 0.875. The number of carbonyl (C=O) groups is 1. The molecular formula is C10H16N4O2S. The summed E-state index contributed by atoms with van der Waals surface area (Å²) in [6.07, 6.45) is 0.874. The third-order valence-electron chi connectivity index (χ3n) is 2.81. The van der Waals surface area contributed by atoms with E-state index in [9.17, 15) is 4.79 Å². The molecule has 1 atom stereocenters. The summed E-state index contributed by atoms with van der Waals surface area (Å²) in [6.45, 7) is 2.02. The predicted octanol–water partition coefficient (Wildman–Crippen LogP) is 0.257. The fraction of sp³-hybridized carbons (Fsp3) is 0.700. The largest absolute Gasteiger partial charge is 0.377 e. The van der Waals surface area contributed by atoms with E-state index in [1.54, 1.807) is 14.2 Å². The van der Waals surface area contributed by atoms with Crippen molar-refractivity contribution in [3.05, 3.63) is 5.82 Å². The van der Waals surface area contributed by atoms with Crippen LogP contribution in [-0.4, -0.2) is 42.5 Å².